The van der Waals surface area contributed by atoms with E-state index in [9.17, 15) is 9.59 Å². The Kier molecular flexibility index (Phi) is 27.2. The second-order valence-corrected chi connectivity index (χ2v) is 15.0. The third-order valence-electron chi connectivity index (χ3n) is 10.1. The maximum atomic E-state index is 12.6. The van der Waals surface area contributed by atoms with Gasteiger partial charge in [0.1, 0.15) is 0 Å². The van der Waals surface area contributed by atoms with Crippen molar-refractivity contribution in [1.29, 1.82) is 0 Å². The quantitative estimate of drug-likeness (QED) is 0.0564. The number of carbonyl (C=O) groups is 2. The minimum Gasteiger partial charge on any atom is -0.337 e. The van der Waals surface area contributed by atoms with E-state index >= 15 is 0 Å². The molecule has 53 heavy (non-hydrogen) atoms. The fourth-order valence-corrected chi connectivity index (χ4v) is 6.73. The van der Waals surface area contributed by atoms with Gasteiger partial charge in [-0.15, -0.1) is 0 Å². The summed E-state index contributed by atoms with van der Waals surface area (Å²) in [6, 6.07) is 15.8. The van der Waals surface area contributed by atoms with E-state index in [2.05, 4.69) is 83.0 Å². The number of unbranched alkanes of at least 4 members (excludes halogenated alkanes) is 14. The van der Waals surface area contributed by atoms with Gasteiger partial charge < -0.3 is 31.1 Å². The predicted octanol–water partition coefficient (Wildman–Crippen LogP) is 11.2. The molecule has 0 heterocycles. The molecule has 2 rings (SSSR count). The summed E-state index contributed by atoms with van der Waals surface area (Å²) < 4.78 is 0. The van der Waals surface area contributed by atoms with Crippen molar-refractivity contribution in [3.05, 3.63) is 59.7 Å². The number of carbonyl (C=O) groups excluding carboxylic acids is 2. The van der Waals surface area contributed by atoms with Crippen molar-refractivity contribution in [3.8, 4) is 0 Å². The lowest BCUT2D eigenvalue weighted by molar-refractivity contribution is 0.241. The van der Waals surface area contributed by atoms with E-state index in [1.54, 1.807) is 0 Å². The molecule has 0 saturated heterocycles. The van der Waals surface area contributed by atoms with E-state index in [1.165, 1.54) is 116 Å². The summed E-state index contributed by atoms with van der Waals surface area (Å²) in [6.45, 7) is 16.6. The molecule has 0 spiro atoms. The third-order valence-corrected chi connectivity index (χ3v) is 10.1. The number of amides is 4. The molecule has 4 amide bonds. The molecule has 0 aromatic heterocycles. The van der Waals surface area contributed by atoms with Crippen LogP contribution in [0.3, 0.4) is 0 Å². The van der Waals surface area contributed by atoms with Gasteiger partial charge in [-0.1, -0.05) is 142 Å². The molecule has 0 atom stereocenters. The SMILES string of the molecule is CCCCCCCCN(CCCCC)CCNC(=O)Nc1ccc(Cc2ccc(NC(=O)NCCN(CCCCC)CCCCCCCC)cc2)cc1. The third kappa shape index (κ3) is 24.0. The van der Waals surface area contributed by atoms with Gasteiger partial charge in [0, 0.05) is 37.6 Å². The Bertz CT molecular complexity index is 1080. The summed E-state index contributed by atoms with van der Waals surface area (Å²) in [7, 11) is 0. The fraction of sp³-hybridized carbons (Fsp3) is 0.689. The molecule has 4 N–H and O–H groups in total. The maximum absolute atomic E-state index is 12.6. The Hall–Kier alpha value is -3.10. The van der Waals surface area contributed by atoms with E-state index in [4.69, 9.17) is 0 Å². The van der Waals surface area contributed by atoms with Crippen LogP contribution in [-0.2, 0) is 6.42 Å². The van der Waals surface area contributed by atoms with Crippen LogP contribution in [0.15, 0.2) is 48.5 Å². The van der Waals surface area contributed by atoms with Gasteiger partial charge in [-0.05, 0) is 93.7 Å². The molecule has 2 aromatic carbocycles. The lowest BCUT2D eigenvalue weighted by Gasteiger charge is -2.22. The van der Waals surface area contributed by atoms with Crippen molar-refractivity contribution < 1.29 is 9.59 Å². The van der Waals surface area contributed by atoms with Gasteiger partial charge in [0.05, 0.1) is 0 Å². The van der Waals surface area contributed by atoms with E-state index in [1.807, 2.05) is 24.3 Å². The maximum Gasteiger partial charge on any atom is 0.319 e. The fourth-order valence-electron chi connectivity index (χ4n) is 6.73. The minimum absolute atomic E-state index is 0.157. The van der Waals surface area contributed by atoms with Crippen LogP contribution in [0.25, 0.3) is 0 Å². The van der Waals surface area contributed by atoms with Crippen LogP contribution in [0, 0.1) is 0 Å². The molecule has 0 bridgehead atoms. The monoisotopic (exact) mass is 735 g/mol. The average Bonchev–Trinajstić information content (AvgIpc) is 3.15. The molecule has 8 heteroatoms. The average molecular weight is 735 g/mol. The second kappa shape index (κ2) is 31.3. The Morgan fingerprint density at radius 3 is 1.08 bits per heavy atom. The van der Waals surface area contributed by atoms with Crippen LogP contribution in [-0.4, -0.2) is 74.2 Å². The number of anilines is 2. The number of benzene rings is 2. The van der Waals surface area contributed by atoms with Gasteiger partial charge in [0.2, 0.25) is 0 Å². The van der Waals surface area contributed by atoms with Crippen molar-refractivity contribution in [2.75, 3.05) is 63.0 Å². The standard InChI is InChI=1S/C45H78N6O2/c1-5-9-13-15-17-21-35-50(33-19-11-7-3)37-31-46-44(52)48-42-27-23-40(24-28-42)39-41-25-29-43(30-26-41)49-45(53)47-32-38-51(34-20-12-8-4)36-22-18-16-14-10-6-2/h23-30H,5-22,31-39H2,1-4H3,(H2,46,48,52)(H2,47,49,53). The van der Waals surface area contributed by atoms with Crippen LogP contribution in [0.5, 0.6) is 0 Å². The number of nitrogens with zero attached hydrogens (tertiary/aromatic N) is 2. The summed E-state index contributed by atoms with van der Waals surface area (Å²) >= 11 is 0. The van der Waals surface area contributed by atoms with E-state index in [0.29, 0.717) is 13.1 Å². The molecule has 0 aliphatic rings. The first-order valence-corrected chi connectivity index (χ1v) is 21.7. The Morgan fingerprint density at radius 2 is 0.717 bits per heavy atom. The molecule has 0 saturated carbocycles. The summed E-state index contributed by atoms with van der Waals surface area (Å²) in [5.74, 6) is 0. The Balaban J connectivity index is 1.70. The van der Waals surface area contributed by atoms with Crippen molar-refractivity contribution in [3.63, 3.8) is 0 Å². The summed E-state index contributed by atoms with van der Waals surface area (Å²) in [5, 5.41) is 12.1. The van der Waals surface area contributed by atoms with Gasteiger partial charge in [-0.2, -0.15) is 0 Å². The number of nitrogens with one attached hydrogen (secondary N) is 4. The van der Waals surface area contributed by atoms with Crippen molar-refractivity contribution in [1.82, 2.24) is 20.4 Å². The van der Waals surface area contributed by atoms with Crippen LogP contribution in [0.2, 0.25) is 0 Å². The minimum atomic E-state index is -0.157. The summed E-state index contributed by atoms with van der Waals surface area (Å²) in [4.78, 5) is 30.3. The molecule has 0 radical (unpaired) electrons. The topological polar surface area (TPSA) is 88.7 Å². The van der Waals surface area contributed by atoms with Crippen LogP contribution >= 0.6 is 0 Å². The van der Waals surface area contributed by atoms with Gasteiger partial charge in [-0.3, -0.25) is 0 Å². The molecular formula is C45H78N6O2. The number of hydrogen-bond donors (Lipinski definition) is 4. The first kappa shape index (κ1) is 46.1. The molecule has 0 aliphatic heterocycles. The first-order valence-electron chi connectivity index (χ1n) is 21.7. The molecule has 0 unspecified atom stereocenters. The number of rotatable bonds is 32. The van der Waals surface area contributed by atoms with Crippen molar-refractivity contribution >= 4 is 23.4 Å². The van der Waals surface area contributed by atoms with Gasteiger partial charge in [0.25, 0.3) is 0 Å². The summed E-state index contributed by atoms with van der Waals surface area (Å²) in [5.41, 5.74) is 3.90. The zero-order valence-corrected chi connectivity index (χ0v) is 34.4. The zero-order valence-electron chi connectivity index (χ0n) is 34.4. The molecule has 8 nitrogen and oxygen atoms in total. The predicted molar refractivity (Wildman–Crippen MR) is 228 cm³/mol. The number of urea groups is 2. The molecule has 0 fully saturated rings. The van der Waals surface area contributed by atoms with E-state index in [0.717, 1.165) is 68.2 Å². The molecule has 0 aliphatic carbocycles. The largest absolute Gasteiger partial charge is 0.337 e. The van der Waals surface area contributed by atoms with E-state index in [-0.39, 0.29) is 12.1 Å². The first-order chi connectivity index (χ1) is 26.0. The second-order valence-electron chi connectivity index (χ2n) is 15.0. The Morgan fingerprint density at radius 1 is 0.415 bits per heavy atom. The van der Waals surface area contributed by atoms with Gasteiger partial charge in [0.15, 0.2) is 0 Å². The van der Waals surface area contributed by atoms with Crippen molar-refractivity contribution in [2.24, 2.45) is 0 Å². The molecule has 2 aromatic rings. The van der Waals surface area contributed by atoms with Crippen LogP contribution < -0.4 is 21.3 Å². The van der Waals surface area contributed by atoms with Gasteiger partial charge in [-0.25, -0.2) is 9.59 Å². The molecule has 300 valence electrons. The highest BCUT2D eigenvalue weighted by Gasteiger charge is 2.09. The molecular weight excluding hydrogens is 657 g/mol. The summed E-state index contributed by atoms with van der Waals surface area (Å²) in [6.07, 6.45) is 23.9. The van der Waals surface area contributed by atoms with E-state index < -0.39 is 0 Å². The number of hydrogen-bond acceptors (Lipinski definition) is 4. The van der Waals surface area contributed by atoms with Gasteiger partial charge >= 0.3 is 12.1 Å². The van der Waals surface area contributed by atoms with Crippen molar-refractivity contribution in [2.45, 2.75) is 150 Å². The lowest BCUT2D eigenvalue weighted by Crippen LogP contribution is -2.37. The zero-order chi connectivity index (χ0) is 38.2. The Labute approximate surface area is 325 Å². The smallest absolute Gasteiger partial charge is 0.319 e. The normalized spacial score (nSPS) is 11.3. The highest BCUT2D eigenvalue weighted by atomic mass is 16.2. The highest BCUT2D eigenvalue weighted by Crippen LogP contribution is 2.16. The lowest BCUT2D eigenvalue weighted by atomic mass is 10.0. The van der Waals surface area contributed by atoms with Crippen LogP contribution in [0.1, 0.15) is 154 Å². The van der Waals surface area contributed by atoms with Crippen LogP contribution in [0.4, 0.5) is 21.0 Å². The highest BCUT2D eigenvalue weighted by molar-refractivity contribution is 5.89.